The summed E-state index contributed by atoms with van der Waals surface area (Å²) in [4.78, 5) is 24.7. The van der Waals surface area contributed by atoms with E-state index in [1.165, 1.54) is 6.20 Å². The third-order valence-electron chi connectivity index (χ3n) is 3.22. The first-order valence-corrected chi connectivity index (χ1v) is 6.09. The lowest BCUT2D eigenvalue weighted by molar-refractivity contribution is -0.130. The Balaban J connectivity index is 2.44. The minimum absolute atomic E-state index is 0.0415. The Morgan fingerprint density at radius 2 is 2.00 bits per heavy atom. The Labute approximate surface area is 111 Å². The molecule has 0 aliphatic rings. The van der Waals surface area contributed by atoms with Gasteiger partial charge in [-0.3, -0.25) is 4.79 Å². The van der Waals surface area contributed by atoms with Crippen molar-refractivity contribution >= 4 is 22.8 Å². The maximum atomic E-state index is 11.9. The molecule has 0 saturated carbocycles. The SMILES string of the molecule is CCN(C)C(=O)Cn1cc(C(=O)O)c2ccccc21. The van der Waals surface area contributed by atoms with Crippen LogP contribution >= 0.6 is 0 Å². The van der Waals surface area contributed by atoms with Gasteiger partial charge in [-0.15, -0.1) is 0 Å². The van der Waals surface area contributed by atoms with Crippen LogP contribution < -0.4 is 0 Å². The molecular weight excluding hydrogens is 244 g/mol. The lowest BCUT2D eigenvalue weighted by atomic mass is 10.2. The molecule has 1 aromatic heterocycles. The standard InChI is InChI=1S/C14H16N2O3/c1-3-15(2)13(17)9-16-8-11(14(18)19)10-6-4-5-7-12(10)16/h4-8H,3,9H2,1-2H3,(H,18,19). The van der Waals surface area contributed by atoms with Crippen molar-refractivity contribution < 1.29 is 14.7 Å². The quantitative estimate of drug-likeness (QED) is 0.912. The van der Waals surface area contributed by atoms with Crippen molar-refractivity contribution in [2.75, 3.05) is 13.6 Å². The second kappa shape index (κ2) is 5.14. The Morgan fingerprint density at radius 1 is 1.32 bits per heavy atom. The number of carboxylic acids is 1. The molecule has 1 N–H and O–H groups in total. The number of rotatable bonds is 4. The molecule has 0 spiro atoms. The zero-order chi connectivity index (χ0) is 14.0. The molecule has 100 valence electrons. The summed E-state index contributed by atoms with van der Waals surface area (Å²) in [6.07, 6.45) is 1.52. The van der Waals surface area contributed by atoms with E-state index in [2.05, 4.69) is 0 Å². The molecule has 0 aliphatic carbocycles. The van der Waals surface area contributed by atoms with E-state index in [0.29, 0.717) is 11.9 Å². The van der Waals surface area contributed by atoms with Crippen LogP contribution in [0.4, 0.5) is 0 Å². The Bertz CT molecular complexity index is 631. The van der Waals surface area contributed by atoms with Gasteiger partial charge in [0.1, 0.15) is 6.54 Å². The number of carboxylic acid groups (broad SMARTS) is 1. The van der Waals surface area contributed by atoms with Gasteiger partial charge in [0.05, 0.1) is 5.56 Å². The van der Waals surface area contributed by atoms with Gasteiger partial charge in [0.2, 0.25) is 5.91 Å². The topological polar surface area (TPSA) is 62.5 Å². The van der Waals surface area contributed by atoms with Gasteiger partial charge in [0, 0.05) is 30.7 Å². The number of hydrogen-bond donors (Lipinski definition) is 1. The first-order chi connectivity index (χ1) is 9.04. The zero-order valence-corrected chi connectivity index (χ0v) is 11.0. The molecule has 0 bridgehead atoms. The summed E-state index contributed by atoms with van der Waals surface area (Å²) in [5.74, 6) is -1.02. The van der Waals surface area contributed by atoms with E-state index in [1.54, 1.807) is 28.6 Å². The molecule has 19 heavy (non-hydrogen) atoms. The predicted molar refractivity (Wildman–Crippen MR) is 72.2 cm³/mol. The second-order valence-corrected chi connectivity index (χ2v) is 4.40. The summed E-state index contributed by atoms with van der Waals surface area (Å²) in [5, 5.41) is 9.83. The third kappa shape index (κ3) is 2.45. The number of aromatic nitrogens is 1. The van der Waals surface area contributed by atoms with Gasteiger partial charge < -0.3 is 14.6 Å². The van der Waals surface area contributed by atoms with Gasteiger partial charge in [-0.25, -0.2) is 4.79 Å². The van der Waals surface area contributed by atoms with Crippen LogP contribution in [0, 0.1) is 0 Å². The van der Waals surface area contributed by atoms with Gasteiger partial charge in [-0.2, -0.15) is 0 Å². The Kier molecular flexibility index (Phi) is 3.55. The van der Waals surface area contributed by atoms with Crippen LogP contribution in [-0.4, -0.2) is 40.0 Å². The third-order valence-corrected chi connectivity index (χ3v) is 3.22. The van der Waals surface area contributed by atoms with Crippen molar-refractivity contribution in [2.45, 2.75) is 13.5 Å². The average Bonchev–Trinajstić information content (AvgIpc) is 2.77. The molecule has 2 rings (SSSR count). The Morgan fingerprint density at radius 3 is 2.63 bits per heavy atom. The van der Waals surface area contributed by atoms with Gasteiger partial charge in [0.15, 0.2) is 0 Å². The van der Waals surface area contributed by atoms with Gasteiger partial charge in [-0.05, 0) is 13.0 Å². The fourth-order valence-electron chi connectivity index (χ4n) is 1.99. The molecule has 1 amide bonds. The number of benzene rings is 1. The zero-order valence-electron chi connectivity index (χ0n) is 11.0. The lowest BCUT2D eigenvalue weighted by Crippen LogP contribution is -2.29. The summed E-state index contributed by atoms with van der Waals surface area (Å²) in [6.45, 7) is 2.68. The molecule has 0 atom stereocenters. The maximum absolute atomic E-state index is 11.9. The summed E-state index contributed by atoms with van der Waals surface area (Å²) in [7, 11) is 1.73. The van der Waals surface area contributed by atoms with Crippen molar-refractivity contribution in [2.24, 2.45) is 0 Å². The molecule has 2 aromatic rings. The van der Waals surface area contributed by atoms with Gasteiger partial charge in [0.25, 0.3) is 0 Å². The normalized spacial score (nSPS) is 10.6. The first kappa shape index (κ1) is 13.1. The number of aromatic carboxylic acids is 1. The molecule has 0 radical (unpaired) electrons. The van der Waals surface area contributed by atoms with Crippen LogP contribution in [0.3, 0.4) is 0 Å². The highest BCUT2D eigenvalue weighted by Gasteiger charge is 2.16. The molecular formula is C14H16N2O3. The summed E-state index contributed by atoms with van der Waals surface area (Å²) in [5.41, 5.74) is 0.986. The van der Waals surface area contributed by atoms with E-state index in [-0.39, 0.29) is 18.0 Å². The van der Waals surface area contributed by atoms with Crippen LogP contribution in [0.1, 0.15) is 17.3 Å². The largest absolute Gasteiger partial charge is 0.478 e. The van der Waals surface area contributed by atoms with Crippen LogP contribution in [0.15, 0.2) is 30.5 Å². The maximum Gasteiger partial charge on any atom is 0.337 e. The number of hydrogen-bond acceptors (Lipinski definition) is 2. The van der Waals surface area contributed by atoms with Crippen LogP contribution in [0.2, 0.25) is 0 Å². The molecule has 0 fully saturated rings. The lowest BCUT2D eigenvalue weighted by Gasteiger charge is -2.15. The van der Waals surface area contributed by atoms with E-state index in [0.717, 1.165) is 5.52 Å². The number of likely N-dealkylation sites (N-methyl/N-ethyl adjacent to an activating group) is 1. The smallest absolute Gasteiger partial charge is 0.337 e. The highest BCUT2D eigenvalue weighted by molar-refractivity contribution is 6.03. The van der Waals surface area contributed by atoms with Gasteiger partial charge in [-0.1, -0.05) is 18.2 Å². The number of nitrogens with zero attached hydrogens (tertiary/aromatic N) is 2. The number of amides is 1. The number of carbonyl (C=O) groups excluding carboxylic acids is 1. The fraction of sp³-hybridized carbons (Fsp3) is 0.286. The van der Waals surface area contributed by atoms with E-state index in [1.807, 2.05) is 19.1 Å². The molecule has 1 heterocycles. The van der Waals surface area contributed by atoms with E-state index in [9.17, 15) is 14.7 Å². The second-order valence-electron chi connectivity index (χ2n) is 4.40. The van der Waals surface area contributed by atoms with E-state index >= 15 is 0 Å². The number of carbonyl (C=O) groups is 2. The van der Waals surface area contributed by atoms with E-state index < -0.39 is 5.97 Å². The first-order valence-electron chi connectivity index (χ1n) is 6.09. The number of fused-ring (bicyclic) bond motifs is 1. The average molecular weight is 260 g/mol. The van der Waals surface area contributed by atoms with Crippen molar-refractivity contribution in [1.29, 1.82) is 0 Å². The summed E-state index contributed by atoms with van der Waals surface area (Å²) >= 11 is 0. The molecule has 0 aliphatic heterocycles. The van der Waals surface area contributed by atoms with Crippen molar-refractivity contribution in [1.82, 2.24) is 9.47 Å². The van der Waals surface area contributed by atoms with Crippen LogP contribution in [0.25, 0.3) is 10.9 Å². The van der Waals surface area contributed by atoms with Crippen LogP contribution in [-0.2, 0) is 11.3 Å². The van der Waals surface area contributed by atoms with Crippen LogP contribution in [0.5, 0.6) is 0 Å². The number of para-hydroxylation sites is 1. The van der Waals surface area contributed by atoms with E-state index in [4.69, 9.17) is 0 Å². The molecule has 5 heteroatoms. The molecule has 5 nitrogen and oxygen atoms in total. The monoisotopic (exact) mass is 260 g/mol. The van der Waals surface area contributed by atoms with Crippen molar-refractivity contribution in [3.63, 3.8) is 0 Å². The van der Waals surface area contributed by atoms with Crippen molar-refractivity contribution in [3.05, 3.63) is 36.0 Å². The molecule has 0 saturated heterocycles. The fourth-order valence-corrected chi connectivity index (χ4v) is 1.99. The highest BCUT2D eigenvalue weighted by Crippen LogP contribution is 2.21. The predicted octanol–water partition coefficient (Wildman–Crippen LogP) is 1.82. The highest BCUT2D eigenvalue weighted by atomic mass is 16.4. The molecule has 0 unspecified atom stereocenters. The minimum Gasteiger partial charge on any atom is -0.478 e. The van der Waals surface area contributed by atoms with Gasteiger partial charge >= 0.3 is 5.97 Å². The Hall–Kier alpha value is -2.30. The molecule has 1 aromatic carbocycles. The van der Waals surface area contributed by atoms with Crippen molar-refractivity contribution in [3.8, 4) is 0 Å². The summed E-state index contributed by atoms with van der Waals surface area (Å²) < 4.78 is 1.69. The minimum atomic E-state index is -0.980. The summed E-state index contributed by atoms with van der Waals surface area (Å²) in [6, 6.07) is 7.20.